The molecule has 5 rings (SSSR count). The topological polar surface area (TPSA) is 119 Å². The Morgan fingerprint density at radius 3 is 2.45 bits per heavy atom. The minimum Gasteiger partial charge on any atom is -0.396 e. The molecule has 1 aliphatic rings. The van der Waals surface area contributed by atoms with Gasteiger partial charge >= 0.3 is 0 Å². The molecule has 4 aromatic rings. The van der Waals surface area contributed by atoms with Crippen LogP contribution in [-0.2, 0) is 24.1 Å². The van der Waals surface area contributed by atoms with Gasteiger partial charge in [0.05, 0.1) is 28.1 Å². The Balaban J connectivity index is 1.60. The SMILES string of the molecule is CC(C)(C)[S@](=O)N1Cc2cc(C(=O)NCc3ccncc3)nc(-c3cccc(-c4ccc(C#N)cc4)c3)c2[C@@H]1CCO. The minimum atomic E-state index is -1.36. The Hall–Kier alpha value is -4.23. The number of benzene rings is 2. The highest BCUT2D eigenvalue weighted by Crippen LogP contribution is 2.44. The maximum Gasteiger partial charge on any atom is 0.270 e. The molecular formula is C33H33N5O3S. The Labute approximate surface area is 248 Å². The first kappa shape index (κ1) is 29.3. The second-order valence-electron chi connectivity index (χ2n) is 11.2. The van der Waals surface area contributed by atoms with E-state index in [1.165, 1.54) is 0 Å². The van der Waals surface area contributed by atoms with Crippen LogP contribution in [0.2, 0.25) is 0 Å². The van der Waals surface area contributed by atoms with E-state index in [-0.39, 0.29) is 24.2 Å². The maximum absolute atomic E-state index is 13.7. The molecule has 0 aliphatic carbocycles. The third kappa shape index (κ3) is 6.16. The predicted octanol–water partition coefficient (Wildman–Crippen LogP) is 5.31. The van der Waals surface area contributed by atoms with Gasteiger partial charge in [0.1, 0.15) is 16.7 Å². The van der Waals surface area contributed by atoms with Crippen LogP contribution in [0.3, 0.4) is 0 Å². The van der Waals surface area contributed by atoms with Gasteiger partial charge in [0.15, 0.2) is 0 Å². The number of carbonyl (C=O) groups excluding carboxylic acids is 1. The molecule has 214 valence electrons. The van der Waals surface area contributed by atoms with E-state index in [0.717, 1.165) is 33.4 Å². The first-order valence-electron chi connectivity index (χ1n) is 13.8. The number of hydrogen-bond acceptors (Lipinski definition) is 6. The van der Waals surface area contributed by atoms with Crippen molar-refractivity contribution in [3.63, 3.8) is 0 Å². The zero-order chi connectivity index (χ0) is 29.9. The number of nitrogens with one attached hydrogen (secondary N) is 1. The Morgan fingerprint density at radius 2 is 1.79 bits per heavy atom. The van der Waals surface area contributed by atoms with E-state index in [0.29, 0.717) is 30.8 Å². The van der Waals surface area contributed by atoms with Crippen molar-refractivity contribution in [1.29, 1.82) is 5.26 Å². The zero-order valence-corrected chi connectivity index (χ0v) is 24.7. The van der Waals surface area contributed by atoms with E-state index in [1.807, 2.05) is 73.6 Å². The molecule has 0 radical (unpaired) electrons. The van der Waals surface area contributed by atoms with Gasteiger partial charge in [-0.1, -0.05) is 30.3 Å². The van der Waals surface area contributed by atoms with E-state index in [2.05, 4.69) is 16.4 Å². The van der Waals surface area contributed by atoms with Crippen molar-refractivity contribution in [1.82, 2.24) is 19.6 Å². The van der Waals surface area contributed by atoms with E-state index in [4.69, 9.17) is 4.98 Å². The first-order valence-corrected chi connectivity index (χ1v) is 14.9. The molecule has 0 saturated heterocycles. The molecule has 1 amide bonds. The highest BCUT2D eigenvalue weighted by molar-refractivity contribution is 7.84. The number of carbonyl (C=O) groups is 1. The average Bonchev–Trinajstić information content (AvgIpc) is 3.37. The van der Waals surface area contributed by atoms with Crippen LogP contribution in [0.1, 0.15) is 66.0 Å². The molecule has 42 heavy (non-hydrogen) atoms. The molecule has 1 aliphatic heterocycles. The molecule has 9 heteroatoms. The van der Waals surface area contributed by atoms with Gasteiger partial charge in [-0.3, -0.25) is 9.78 Å². The van der Waals surface area contributed by atoms with Crippen LogP contribution in [0.5, 0.6) is 0 Å². The van der Waals surface area contributed by atoms with Crippen LogP contribution in [0.15, 0.2) is 79.1 Å². The summed E-state index contributed by atoms with van der Waals surface area (Å²) < 4.78 is 15.1. The van der Waals surface area contributed by atoms with Gasteiger partial charge in [-0.2, -0.15) is 5.26 Å². The summed E-state index contributed by atoms with van der Waals surface area (Å²) in [5.74, 6) is -0.312. The second kappa shape index (κ2) is 12.3. The number of pyridine rings is 2. The van der Waals surface area contributed by atoms with Crippen LogP contribution < -0.4 is 5.32 Å². The third-order valence-corrected chi connectivity index (χ3v) is 9.07. The normalized spacial score (nSPS) is 15.5. The number of nitrogens with zero attached hydrogens (tertiary/aromatic N) is 4. The predicted molar refractivity (Wildman–Crippen MR) is 163 cm³/mol. The molecule has 0 saturated carbocycles. The van der Waals surface area contributed by atoms with Crippen molar-refractivity contribution in [3.8, 4) is 28.5 Å². The summed E-state index contributed by atoms with van der Waals surface area (Å²) in [5, 5.41) is 22.2. The Morgan fingerprint density at radius 1 is 1.07 bits per heavy atom. The van der Waals surface area contributed by atoms with Gasteiger partial charge in [-0.15, -0.1) is 0 Å². The third-order valence-electron chi connectivity index (χ3n) is 7.21. The summed E-state index contributed by atoms with van der Waals surface area (Å²) in [7, 11) is -1.36. The summed E-state index contributed by atoms with van der Waals surface area (Å²) in [6.07, 6.45) is 3.74. The van der Waals surface area contributed by atoms with Crippen LogP contribution in [0.25, 0.3) is 22.4 Å². The van der Waals surface area contributed by atoms with Gasteiger partial charge in [0.25, 0.3) is 5.91 Å². The van der Waals surface area contributed by atoms with Crippen molar-refractivity contribution in [2.75, 3.05) is 6.61 Å². The van der Waals surface area contributed by atoms with Crippen molar-refractivity contribution in [3.05, 3.63) is 107 Å². The number of amides is 1. The fourth-order valence-electron chi connectivity index (χ4n) is 5.16. The number of fused-ring (bicyclic) bond motifs is 1. The molecular weight excluding hydrogens is 546 g/mol. The molecule has 0 fully saturated rings. The Bertz CT molecular complexity index is 1660. The summed E-state index contributed by atoms with van der Waals surface area (Å²) in [4.78, 5) is 22.3. The zero-order valence-electron chi connectivity index (χ0n) is 23.9. The number of aliphatic hydroxyl groups excluding tert-OH is 1. The fourth-order valence-corrected chi connectivity index (χ4v) is 6.56. The first-order chi connectivity index (χ1) is 20.2. The number of aliphatic hydroxyl groups is 1. The molecule has 2 aromatic carbocycles. The number of nitriles is 1. The molecule has 3 heterocycles. The van der Waals surface area contributed by atoms with Gasteiger partial charge in [-0.25, -0.2) is 13.5 Å². The van der Waals surface area contributed by atoms with Crippen LogP contribution in [0, 0.1) is 11.3 Å². The molecule has 2 aromatic heterocycles. The molecule has 2 atom stereocenters. The van der Waals surface area contributed by atoms with E-state index >= 15 is 0 Å². The van der Waals surface area contributed by atoms with Gasteiger partial charge in [0, 0.05) is 43.2 Å². The molecule has 0 bridgehead atoms. The van der Waals surface area contributed by atoms with E-state index in [9.17, 15) is 19.4 Å². The highest BCUT2D eigenvalue weighted by atomic mass is 32.2. The smallest absolute Gasteiger partial charge is 0.270 e. The number of hydrogen-bond donors (Lipinski definition) is 2. The van der Waals surface area contributed by atoms with Crippen molar-refractivity contribution >= 4 is 16.9 Å². The van der Waals surface area contributed by atoms with Gasteiger partial charge < -0.3 is 10.4 Å². The quantitative estimate of drug-likeness (QED) is 0.292. The lowest BCUT2D eigenvalue weighted by Crippen LogP contribution is -2.36. The van der Waals surface area contributed by atoms with Crippen molar-refractivity contribution in [2.24, 2.45) is 0 Å². The fraction of sp³-hybridized carbons (Fsp3) is 0.273. The largest absolute Gasteiger partial charge is 0.396 e. The highest BCUT2D eigenvalue weighted by Gasteiger charge is 2.40. The summed E-state index contributed by atoms with van der Waals surface area (Å²) in [6, 6.07) is 22.6. The monoisotopic (exact) mass is 579 g/mol. The number of aromatic nitrogens is 2. The molecule has 0 spiro atoms. The molecule has 8 nitrogen and oxygen atoms in total. The standard InChI is InChI=1S/C33H33N5O3S/c1-33(2,3)42(41)38-21-27-18-28(32(40)36-20-23-11-14-35-15-12-23)37-31(30(27)29(38)13-16-39)26-6-4-5-25(17-26)24-9-7-22(19-34)8-10-24/h4-12,14-15,17-18,29,39H,13,16,20-21H2,1-3H3,(H,36,40)/t29-,42-/m0/s1. The van der Waals surface area contributed by atoms with Gasteiger partial charge in [0.2, 0.25) is 0 Å². The van der Waals surface area contributed by atoms with Crippen LogP contribution in [0.4, 0.5) is 0 Å². The van der Waals surface area contributed by atoms with Gasteiger partial charge in [-0.05, 0) is 85.8 Å². The summed E-state index contributed by atoms with van der Waals surface area (Å²) in [6.45, 7) is 6.41. The molecule has 0 unspecified atom stereocenters. The maximum atomic E-state index is 13.7. The summed E-state index contributed by atoms with van der Waals surface area (Å²) >= 11 is 0. The minimum absolute atomic E-state index is 0.0825. The Kier molecular flexibility index (Phi) is 8.59. The molecule has 2 N–H and O–H groups in total. The lowest BCUT2D eigenvalue weighted by atomic mass is 9.94. The van der Waals surface area contributed by atoms with Crippen LogP contribution in [-0.4, -0.2) is 40.8 Å². The second-order valence-corrected chi connectivity index (χ2v) is 13.4. The van der Waals surface area contributed by atoms with E-state index < -0.39 is 15.7 Å². The van der Waals surface area contributed by atoms with Crippen LogP contribution >= 0.6 is 0 Å². The lowest BCUT2D eigenvalue weighted by molar-refractivity contribution is 0.0946. The summed E-state index contributed by atoms with van der Waals surface area (Å²) in [5.41, 5.74) is 6.84. The van der Waals surface area contributed by atoms with E-state index in [1.54, 1.807) is 30.6 Å². The average molecular weight is 580 g/mol. The van der Waals surface area contributed by atoms with Crippen molar-refractivity contribution < 1.29 is 14.1 Å². The number of rotatable bonds is 8. The van der Waals surface area contributed by atoms with Crippen molar-refractivity contribution in [2.45, 2.75) is 51.1 Å². The lowest BCUT2D eigenvalue weighted by Gasteiger charge is -2.30.